The lowest BCUT2D eigenvalue weighted by Crippen LogP contribution is -2.27. The van der Waals surface area contributed by atoms with Crippen molar-refractivity contribution in [1.29, 1.82) is 0 Å². The van der Waals surface area contributed by atoms with Crippen molar-refractivity contribution in [2.24, 2.45) is 0 Å². The highest BCUT2D eigenvalue weighted by molar-refractivity contribution is 14.1. The summed E-state index contributed by atoms with van der Waals surface area (Å²) >= 11 is 8.67. The molecule has 10 heteroatoms. The van der Waals surface area contributed by atoms with Gasteiger partial charge in [-0.2, -0.15) is 0 Å². The number of benzene rings is 3. The first-order valence-electron chi connectivity index (χ1n) is 10.7. The van der Waals surface area contributed by atoms with E-state index in [9.17, 15) is 18.8 Å². The fraction of sp³-hybridized carbons (Fsp3) is 0.115. The molecule has 3 aromatic rings. The van der Waals surface area contributed by atoms with Gasteiger partial charge < -0.3 is 9.47 Å². The Kier molecular flexibility index (Phi) is 8.32. The Labute approximate surface area is 229 Å². The average molecular weight is 638 g/mol. The number of hydrogen-bond acceptors (Lipinski definition) is 6. The maximum absolute atomic E-state index is 14.0. The molecule has 0 atom stereocenters. The number of thioether (sulfide) groups is 1. The SMILES string of the molecule is CCOc1cc(/C=C2\SC(=O)N(Cc3ccccc3F)C2=O)cc(I)c1OC(=O)c1ccc(Cl)cc1. The van der Waals surface area contributed by atoms with Crippen LogP contribution in [0.4, 0.5) is 9.18 Å². The molecule has 2 amide bonds. The molecule has 0 bridgehead atoms. The summed E-state index contributed by atoms with van der Waals surface area (Å²) in [5, 5.41) is 0.0153. The lowest BCUT2D eigenvalue weighted by atomic mass is 10.1. The first-order valence-corrected chi connectivity index (χ1v) is 13.0. The Hall–Kier alpha value is -2.89. The molecule has 184 valence electrons. The summed E-state index contributed by atoms with van der Waals surface area (Å²) in [4.78, 5) is 39.2. The van der Waals surface area contributed by atoms with E-state index in [0.717, 1.165) is 16.7 Å². The van der Waals surface area contributed by atoms with E-state index in [1.807, 2.05) is 22.6 Å². The highest BCUT2D eigenvalue weighted by Gasteiger charge is 2.35. The number of carbonyl (C=O) groups is 3. The predicted molar refractivity (Wildman–Crippen MR) is 145 cm³/mol. The molecule has 3 aromatic carbocycles. The van der Waals surface area contributed by atoms with Crippen LogP contribution in [0.2, 0.25) is 5.02 Å². The Morgan fingerprint density at radius 2 is 1.86 bits per heavy atom. The third-order valence-electron chi connectivity index (χ3n) is 5.06. The van der Waals surface area contributed by atoms with Crippen molar-refractivity contribution >= 4 is 69.1 Å². The van der Waals surface area contributed by atoms with Gasteiger partial charge in [-0.1, -0.05) is 29.8 Å². The largest absolute Gasteiger partial charge is 0.490 e. The third-order valence-corrected chi connectivity index (χ3v) is 7.02. The van der Waals surface area contributed by atoms with Crippen LogP contribution in [0, 0.1) is 9.39 Å². The maximum Gasteiger partial charge on any atom is 0.343 e. The summed E-state index contributed by atoms with van der Waals surface area (Å²) in [6, 6.07) is 15.6. The van der Waals surface area contributed by atoms with Gasteiger partial charge in [-0.25, -0.2) is 9.18 Å². The van der Waals surface area contributed by atoms with Crippen LogP contribution in [0.1, 0.15) is 28.4 Å². The van der Waals surface area contributed by atoms with Crippen LogP contribution >= 0.6 is 46.0 Å². The Morgan fingerprint density at radius 1 is 1.14 bits per heavy atom. The second-order valence-corrected chi connectivity index (χ2v) is 10.1. The van der Waals surface area contributed by atoms with Gasteiger partial charge in [0.2, 0.25) is 0 Å². The minimum atomic E-state index is -0.576. The quantitative estimate of drug-likeness (QED) is 0.121. The molecule has 0 aromatic heterocycles. The Morgan fingerprint density at radius 3 is 2.56 bits per heavy atom. The zero-order valence-corrected chi connectivity index (χ0v) is 22.5. The number of carbonyl (C=O) groups excluding carboxylic acids is 3. The van der Waals surface area contributed by atoms with Crippen LogP contribution in [-0.4, -0.2) is 28.6 Å². The molecule has 1 fully saturated rings. The van der Waals surface area contributed by atoms with Crippen molar-refractivity contribution in [3.8, 4) is 11.5 Å². The lowest BCUT2D eigenvalue weighted by Gasteiger charge is -2.14. The van der Waals surface area contributed by atoms with Crippen molar-refractivity contribution < 1.29 is 28.2 Å². The monoisotopic (exact) mass is 637 g/mol. The van der Waals surface area contributed by atoms with Gasteiger partial charge in [-0.15, -0.1) is 0 Å². The van der Waals surface area contributed by atoms with E-state index in [0.29, 0.717) is 32.1 Å². The summed E-state index contributed by atoms with van der Waals surface area (Å²) in [6.07, 6.45) is 1.56. The van der Waals surface area contributed by atoms with E-state index < -0.39 is 22.9 Å². The maximum atomic E-state index is 14.0. The molecule has 1 saturated heterocycles. The number of amides is 2. The third kappa shape index (κ3) is 5.91. The second kappa shape index (κ2) is 11.4. The van der Waals surface area contributed by atoms with Gasteiger partial charge in [0.15, 0.2) is 11.5 Å². The molecule has 0 unspecified atom stereocenters. The van der Waals surface area contributed by atoms with Gasteiger partial charge in [-0.05, 0) is 95.4 Å². The molecule has 0 saturated carbocycles. The van der Waals surface area contributed by atoms with Crippen molar-refractivity contribution in [3.05, 3.63) is 96.7 Å². The van der Waals surface area contributed by atoms with Gasteiger partial charge >= 0.3 is 5.97 Å². The summed E-state index contributed by atoms with van der Waals surface area (Å²) < 4.78 is 25.9. The van der Waals surface area contributed by atoms with Crippen LogP contribution in [-0.2, 0) is 11.3 Å². The van der Waals surface area contributed by atoms with Crippen molar-refractivity contribution in [2.75, 3.05) is 6.61 Å². The van der Waals surface area contributed by atoms with E-state index in [-0.39, 0.29) is 22.8 Å². The van der Waals surface area contributed by atoms with Gasteiger partial charge in [0.05, 0.1) is 27.2 Å². The number of rotatable bonds is 7. The van der Waals surface area contributed by atoms with Crippen LogP contribution in [0.15, 0.2) is 65.6 Å². The van der Waals surface area contributed by atoms with Gasteiger partial charge in [-0.3, -0.25) is 14.5 Å². The highest BCUT2D eigenvalue weighted by atomic mass is 127. The minimum Gasteiger partial charge on any atom is -0.490 e. The normalized spacial score (nSPS) is 14.4. The lowest BCUT2D eigenvalue weighted by molar-refractivity contribution is -0.123. The highest BCUT2D eigenvalue weighted by Crippen LogP contribution is 2.38. The molecule has 0 N–H and O–H groups in total. The number of nitrogens with zero attached hydrogens (tertiary/aromatic N) is 1. The van der Waals surface area contributed by atoms with E-state index in [1.54, 1.807) is 61.5 Å². The molecule has 1 heterocycles. The van der Waals surface area contributed by atoms with Crippen LogP contribution in [0.3, 0.4) is 0 Å². The fourth-order valence-corrected chi connectivity index (χ4v) is 5.06. The fourth-order valence-electron chi connectivity index (χ4n) is 3.36. The van der Waals surface area contributed by atoms with Gasteiger partial charge in [0.25, 0.3) is 11.1 Å². The topological polar surface area (TPSA) is 72.9 Å². The molecular formula is C26H18ClFINO5S. The van der Waals surface area contributed by atoms with Gasteiger partial charge in [0, 0.05) is 10.6 Å². The van der Waals surface area contributed by atoms with E-state index in [1.165, 1.54) is 12.1 Å². The summed E-state index contributed by atoms with van der Waals surface area (Å²) in [5.41, 5.74) is 1.15. The molecule has 0 spiro atoms. The number of esters is 1. The van der Waals surface area contributed by atoms with Crippen LogP contribution in [0.5, 0.6) is 11.5 Å². The van der Waals surface area contributed by atoms with Gasteiger partial charge in [0.1, 0.15) is 5.82 Å². The van der Waals surface area contributed by atoms with E-state index in [2.05, 4.69) is 0 Å². The summed E-state index contributed by atoms with van der Waals surface area (Å²) in [5.74, 6) is -1.03. The standard InChI is InChI=1S/C26H18ClFINO5S/c1-2-34-21-12-15(11-20(29)23(21)35-25(32)16-7-9-18(27)10-8-16)13-22-24(31)30(26(33)36-22)14-17-5-3-4-6-19(17)28/h3-13H,2,14H2,1H3/b22-13-. The second-order valence-electron chi connectivity index (χ2n) is 7.52. The summed E-state index contributed by atoms with van der Waals surface area (Å²) in [7, 11) is 0. The first kappa shape index (κ1) is 26.2. The Balaban J connectivity index is 1.59. The van der Waals surface area contributed by atoms with Crippen molar-refractivity contribution in [2.45, 2.75) is 13.5 Å². The number of halogens is 3. The van der Waals surface area contributed by atoms with Crippen molar-refractivity contribution in [3.63, 3.8) is 0 Å². The summed E-state index contributed by atoms with van der Waals surface area (Å²) in [6.45, 7) is 1.94. The van der Waals surface area contributed by atoms with E-state index >= 15 is 0 Å². The molecule has 1 aliphatic rings. The number of hydrogen-bond donors (Lipinski definition) is 0. The molecule has 0 radical (unpaired) electrons. The zero-order valence-electron chi connectivity index (χ0n) is 18.8. The Bertz CT molecular complexity index is 1380. The molecule has 0 aliphatic carbocycles. The molecule has 4 rings (SSSR count). The number of imide groups is 1. The van der Waals surface area contributed by atoms with Crippen LogP contribution in [0.25, 0.3) is 6.08 Å². The molecule has 1 aliphatic heterocycles. The molecule has 6 nitrogen and oxygen atoms in total. The smallest absolute Gasteiger partial charge is 0.343 e. The van der Waals surface area contributed by atoms with Crippen LogP contribution < -0.4 is 9.47 Å². The first-order chi connectivity index (χ1) is 17.3. The predicted octanol–water partition coefficient (Wildman–Crippen LogP) is 6.94. The average Bonchev–Trinajstić information content (AvgIpc) is 3.10. The van der Waals surface area contributed by atoms with Crippen molar-refractivity contribution in [1.82, 2.24) is 4.90 Å². The van der Waals surface area contributed by atoms with E-state index in [4.69, 9.17) is 21.1 Å². The zero-order chi connectivity index (χ0) is 25.8. The minimum absolute atomic E-state index is 0.157. The molecule has 36 heavy (non-hydrogen) atoms. The molecular weight excluding hydrogens is 620 g/mol. The number of ether oxygens (including phenoxy) is 2.